The molecule has 188 valence electrons. The first kappa shape index (κ1) is 25.2. The fraction of sp³-hybridized carbons (Fsp3) is 0.462. The molecular weight excluding hydrogens is 466 g/mol. The average molecular weight is 500 g/mol. The molecule has 1 fully saturated rings. The lowest BCUT2D eigenvalue weighted by atomic mass is 9.99. The maximum Gasteiger partial charge on any atom is 0.251 e. The third kappa shape index (κ3) is 6.82. The minimum Gasteiger partial charge on any atom is -0.493 e. The van der Waals surface area contributed by atoms with Crippen LogP contribution < -0.4 is 15.4 Å². The van der Waals surface area contributed by atoms with Gasteiger partial charge in [0, 0.05) is 43.7 Å². The lowest BCUT2D eigenvalue weighted by Crippen LogP contribution is -2.36. The van der Waals surface area contributed by atoms with Crippen molar-refractivity contribution in [1.82, 2.24) is 14.9 Å². The van der Waals surface area contributed by atoms with E-state index in [0.29, 0.717) is 49.5 Å². The quantitative estimate of drug-likeness (QED) is 0.658. The summed E-state index contributed by atoms with van der Waals surface area (Å²) in [6.45, 7) is 2.37. The summed E-state index contributed by atoms with van der Waals surface area (Å²) in [7, 11) is -3.35. The predicted molar refractivity (Wildman–Crippen MR) is 134 cm³/mol. The minimum absolute atomic E-state index is 0.0579. The Hall–Kier alpha value is -2.91. The minimum atomic E-state index is -3.35. The van der Waals surface area contributed by atoms with E-state index in [2.05, 4.69) is 10.6 Å². The number of fused-ring (bicyclic) bond motifs is 3. The molecule has 0 unspecified atom stereocenters. The number of sulfonamides is 1. The van der Waals surface area contributed by atoms with Gasteiger partial charge in [-0.25, -0.2) is 12.7 Å². The number of ether oxygens (including phenoxy) is 1. The van der Waals surface area contributed by atoms with E-state index in [4.69, 9.17) is 4.74 Å². The molecule has 0 atom stereocenters. The Morgan fingerprint density at radius 2 is 1.86 bits per heavy atom. The van der Waals surface area contributed by atoms with Crippen molar-refractivity contribution in [2.75, 3.05) is 38.5 Å². The summed E-state index contributed by atoms with van der Waals surface area (Å²) in [5.41, 5.74) is 2.84. The van der Waals surface area contributed by atoms with Crippen LogP contribution in [0.25, 0.3) is 0 Å². The van der Waals surface area contributed by atoms with Crippen LogP contribution in [0.1, 0.15) is 63.9 Å². The summed E-state index contributed by atoms with van der Waals surface area (Å²) in [6.07, 6.45) is 4.96. The van der Waals surface area contributed by atoms with Crippen molar-refractivity contribution in [3.63, 3.8) is 0 Å². The van der Waals surface area contributed by atoms with Gasteiger partial charge in [0.05, 0.1) is 12.4 Å². The van der Waals surface area contributed by atoms with Crippen LogP contribution in [0.5, 0.6) is 5.75 Å². The molecule has 2 N–H and O–H groups in total. The van der Waals surface area contributed by atoms with Gasteiger partial charge in [-0.15, -0.1) is 0 Å². The molecule has 2 heterocycles. The fourth-order valence-electron chi connectivity index (χ4n) is 4.42. The lowest BCUT2D eigenvalue weighted by molar-refractivity contribution is 0.0946. The molecule has 2 aliphatic heterocycles. The summed E-state index contributed by atoms with van der Waals surface area (Å²) < 4.78 is 32.4. The molecule has 0 aromatic heterocycles. The zero-order valence-electron chi connectivity index (χ0n) is 19.9. The molecule has 0 saturated carbocycles. The van der Waals surface area contributed by atoms with Crippen molar-refractivity contribution in [2.24, 2.45) is 0 Å². The van der Waals surface area contributed by atoms with Gasteiger partial charge in [0.2, 0.25) is 10.0 Å². The summed E-state index contributed by atoms with van der Waals surface area (Å²) >= 11 is 0. The Morgan fingerprint density at radius 1 is 1.03 bits per heavy atom. The second-order valence-electron chi connectivity index (χ2n) is 9.04. The molecule has 2 aromatic rings. The normalized spacial score (nSPS) is 17.5. The second kappa shape index (κ2) is 11.7. The Balaban J connectivity index is 1.48. The standard InChI is InChI=1S/C26H33N3O5S/c30-25-21-8-6-7-20(17-21)18-23-19-22(9-10-24(23)34-15-5-1-2-11-27-25)26(31)28-12-16-35(32,33)29-13-3-4-14-29/h6-10,17,19H,1-5,11-16,18H2,(H,27,30)(H,28,31). The van der Waals surface area contributed by atoms with E-state index < -0.39 is 10.0 Å². The van der Waals surface area contributed by atoms with Crippen LogP contribution in [-0.4, -0.2) is 63.1 Å². The number of benzene rings is 2. The van der Waals surface area contributed by atoms with Gasteiger partial charge in [0.25, 0.3) is 11.8 Å². The van der Waals surface area contributed by atoms with Gasteiger partial charge < -0.3 is 15.4 Å². The molecule has 8 nitrogen and oxygen atoms in total. The number of nitrogens with zero attached hydrogens (tertiary/aromatic N) is 1. The van der Waals surface area contributed by atoms with Gasteiger partial charge in [-0.05, 0) is 73.6 Å². The van der Waals surface area contributed by atoms with Crippen molar-refractivity contribution in [1.29, 1.82) is 0 Å². The molecule has 0 spiro atoms. The molecule has 0 aliphatic carbocycles. The van der Waals surface area contributed by atoms with Crippen LogP contribution >= 0.6 is 0 Å². The number of amides is 2. The van der Waals surface area contributed by atoms with Crippen molar-refractivity contribution in [2.45, 2.75) is 38.5 Å². The van der Waals surface area contributed by atoms with E-state index in [-0.39, 0.29) is 24.1 Å². The molecule has 2 aliphatic rings. The molecule has 9 heteroatoms. The Bertz CT molecular complexity index is 1160. The molecule has 0 radical (unpaired) electrons. The summed E-state index contributed by atoms with van der Waals surface area (Å²) in [4.78, 5) is 25.3. The maximum absolute atomic E-state index is 12.8. The van der Waals surface area contributed by atoms with Crippen LogP contribution in [0, 0.1) is 0 Å². The number of nitrogens with one attached hydrogen (secondary N) is 2. The van der Waals surface area contributed by atoms with Crippen LogP contribution in [0.15, 0.2) is 42.5 Å². The summed E-state index contributed by atoms with van der Waals surface area (Å²) in [6, 6.07) is 12.8. The monoisotopic (exact) mass is 499 g/mol. The Kier molecular flexibility index (Phi) is 8.41. The highest BCUT2D eigenvalue weighted by molar-refractivity contribution is 7.89. The summed E-state index contributed by atoms with van der Waals surface area (Å²) in [5.74, 6) is 0.196. The second-order valence-corrected chi connectivity index (χ2v) is 11.1. The third-order valence-corrected chi connectivity index (χ3v) is 8.25. The topological polar surface area (TPSA) is 105 Å². The van der Waals surface area contributed by atoms with E-state index in [1.165, 1.54) is 4.31 Å². The molecule has 2 amide bonds. The van der Waals surface area contributed by atoms with Gasteiger partial charge in [-0.3, -0.25) is 9.59 Å². The van der Waals surface area contributed by atoms with Crippen molar-refractivity contribution in [3.8, 4) is 5.75 Å². The smallest absolute Gasteiger partial charge is 0.251 e. The van der Waals surface area contributed by atoms with Crippen LogP contribution in [0.3, 0.4) is 0 Å². The fourth-order valence-corrected chi connectivity index (χ4v) is 5.86. The molecule has 4 rings (SSSR count). The molecule has 35 heavy (non-hydrogen) atoms. The van der Waals surface area contributed by atoms with Gasteiger partial charge >= 0.3 is 0 Å². The van der Waals surface area contributed by atoms with Gasteiger partial charge in [-0.2, -0.15) is 0 Å². The van der Waals surface area contributed by atoms with Gasteiger partial charge in [0.15, 0.2) is 0 Å². The zero-order chi connectivity index (χ0) is 24.7. The van der Waals surface area contributed by atoms with Crippen LogP contribution in [0.2, 0.25) is 0 Å². The lowest BCUT2D eigenvalue weighted by Gasteiger charge is -2.16. The number of hydrogen-bond donors (Lipinski definition) is 2. The molecular formula is C26H33N3O5S. The highest BCUT2D eigenvalue weighted by atomic mass is 32.2. The zero-order valence-corrected chi connectivity index (χ0v) is 20.7. The van der Waals surface area contributed by atoms with Crippen molar-refractivity contribution < 1.29 is 22.7 Å². The molecule has 2 aromatic carbocycles. The van der Waals surface area contributed by atoms with E-state index in [1.807, 2.05) is 18.2 Å². The number of carbonyl (C=O) groups excluding carboxylic acids is 2. The number of rotatable bonds is 5. The molecule has 1 saturated heterocycles. The Morgan fingerprint density at radius 3 is 2.69 bits per heavy atom. The highest BCUT2D eigenvalue weighted by Crippen LogP contribution is 2.25. The summed E-state index contributed by atoms with van der Waals surface area (Å²) in [5, 5.41) is 5.70. The van der Waals surface area contributed by atoms with Crippen LogP contribution in [0.4, 0.5) is 0 Å². The van der Waals surface area contributed by atoms with Crippen LogP contribution in [-0.2, 0) is 16.4 Å². The number of hydrogen-bond acceptors (Lipinski definition) is 5. The van der Waals surface area contributed by atoms with Gasteiger partial charge in [-0.1, -0.05) is 12.1 Å². The third-order valence-electron chi connectivity index (χ3n) is 6.37. The SMILES string of the molecule is O=C1NCCCCCOc2ccc(C(=O)NCCS(=O)(=O)N3CCCC3)cc2Cc2cccc1c2. The average Bonchev–Trinajstić information content (AvgIpc) is 3.40. The Labute approximate surface area is 207 Å². The first-order valence-corrected chi connectivity index (χ1v) is 13.9. The van der Waals surface area contributed by atoms with Gasteiger partial charge in [0.1, 0.15) is 5.75 Å². The van der Waals surface area contributed by atoms with E-state index in [1.54, 1.807) is 24.3 Å². The van der Waals surface area contributed by atoms with E-state index >= 15 is 0 Å². The largest absolute Gasteiger partial charge is 0.493 e. The first-order chi connectivity index (χ1) is 16.9. The van der Waals surface area contributed by atoms with E-state index in [0.717, 1.165) is 43.2 Å². The first-order valence-electron chi connectivity index (χ1n) is 12.3. The van der Waals surface area contributed by atoms with Crippen molar-refractivity contribution in [3.05, 3.63) is 64.7 Å². The molecule has 2 bridgehead atoms. The highest BCUT2D eigenvalue weighted by Gasteiger charge is 2.25. The maximum atomic E-state index is 12.8. The number of carbonyl (C=O) groups is 2. The predicted octanol–water partition coefficient (Wildman–Crippen LogP) is 2.73. The van der Waals surface area contributed by atoms with E-state index in [9.17, 15) is 18.0 Å². The van der Waals surface area contributed by atoms with Crippen molar-refractivity contribution >= 4 is 21.8 Å².